The number of aromatic nitrogens is 3. The van der Waals surface area contributed by atoms with Crippen LogP contribution in [0.5, 0.6) is 0 Å². The van der Waals surface area contributed by atoms with Gasteiger partial charge in [-0.15, -0.1) is 11.3 Å². The monoisotopic (exact) mass is 435 g/mol. The molecule has 0 saturated heterocycles. The molecule has 0 aliphatic carbocycles. The molecule has 1 aliphatic heterocycles. The molecule has 12 heteroatoms. The van der Waals surface area contributed by atoms with Crippen molar-refractivity contribution in [2.24, 2.45) is 0 Å². The van der Waals surface area contributed by atoms with Gasteiger partial charge in [-0.05, 0) is 24.6 Å². The van der Waals surface area contributed by atoms with Crippen molar-refractivity contribution in [3.63, 3.8) is 0 Å². The smallest absolute Gasteiger partial charge is 0.320 e. The van der Waals surface area contributed by atoms with E-state index in [-0.39, 0.29) is 22.1 Å². The molecule has 0 amide bonds. The fourth-order valence-electron chi connectivity index (χ4n) is 3.23. The summed E-state index contributed by atoms with van der Waals surface area (Å²) in [7, 11) is 0. The first kappa shape index (κ1) is 19.8. The third-order valence-corrected chi connectivity index (χ3v) is 5.49. The highest BCUT2D eigenvalue weighted by Crippen LogP contribution is 2.42. The number of hydrogen-bond donors (Lipinski definition) is 1. The molecule has 0 fully saturated rings. The van der Waals surface area contributed by atoms with Crippen molar-refractivity contribution < 1.29 is 22.9 Å². The first-order valence-corrected chi connectivity index (χ1v) is 9.32. The number of nitro groups is 1. The molecule has 2 aromatic heterocycles. The molecule has 8 nitrogen and oxygen atoms in total. The molecule has 0 bridgehead atoms. The summed E-state index contributed by atoms with van der Waals surface area (Å²) < 4.78 is 42.9. The van der Waals surface area contributed by atoms with E-state index in [1.807, 2.05) is 0 Å². The zero-order chi connectivity index (χ0) is 21.6. The highest BCUT2D eigenvalue weighted by Gasteiger charge is 2.46. The second-order valence-corrected chi connectivity index (χ2v) is 7.72. The van der Waals surface area contributed by atoms with E-state index in [1.54, 1.807) is 13.0 Å². The van der Waals surface area contributed by atoms with Crippen LogP contribution in [0.4, 0.5) is 24.8 Å². The lowest BCUT2D eigenvalue weighted by atomic mass is 9.91. The van der Waals surface area contributed by atoms with Gasteiger partial charge in [0.25, 0.3) is 5.69 Å². The summed E-state index contributed by atoms with van der Waals surface area (Å²) in [5.41, 5.74) is -2.09. The van der Waals surface area contributed by atoms with E-state index in [9.17, 15) is 28.1 Å². The lowest BCUT2D eigenvalue weighted by Crippen LogP contribution is -2.35. The number of nitrogens with one attached hydrogen (secondary N) is 1. The maximum absolute atomic E-state index is 13.9. The Morgan fingerprint density at radius 1 is 1.30 bits per heavy atom. The van der Waals surface area contributed by atoms with Crippen LogP contribution < -0.4 is 5.32 Å². The predicted octanol–water partition coefficient (Wildman–Crippen LogP) is 4.27. The number of rotatable bonds is 4. The minimum Gasteiger partial charge on any atom is -0.320 e. The average molecular weight is 435 g/mol. The number of carbonyl (C=O) groups is 1. The molecule has 1 aliphatic rings. The Labute approximate surface area is 170 Å². The van der Waals surface area contributed by atoms with Gasteiger partial charge in [0.15, 0.2) is 0 Å². The number of nitro benzene ring substituents is 1. The van der Waals surface area contributed by atoms with Crippen LogP contribution in [0.1, 0.15) is 26.2 Å². The van der Waals surface area contributed by atoms with Crippen molar-refractivity contribution in [3.8, 4) is 0 Å². The van der Waals surface area contributed by atoms with E-state index in [0.717, 1.165) is 33.3 Å². The van der Waals surface area contributed by atoms with Gasteiger partial charge in [0.05, 0.1) is 15.4 Å². The number of allylic oxidation sites excluding steroid dienone is 2. The number of anilines is 1. The van der Waals surface area contributed by atoms with E-state index in [0.29, 0.717) is 0 Å². The van der Waals surface area contributed by atoms with E-state index in [4.69, 9.17) is 0 Å². The van der Waals surface area contributed by atoms with Crippen LogP contribution in [0.3, 0.4) is 0 Å². The number of Topliss-reactive ketones (excluding diaryl/α,β-unsaturated/α-hetero) is 1. The number of thiophene rings is 1. The molecule has 3 heterocycles. The van der Waals surface area contributed by atoms with Crippen LogP contribution in [0.25, 0.3) is 0 Å². The number of alkyl halides is 3. The van der Waals surface area contributed by atoms with Crippen molar-refractivity contribution >= 4 is 28.8 Å². The Morgan fingerprint density at radius 3 is 2.70 bits per heavy atom. The number of ketones is 1. The summed E-state index contributed by atoms with van der Waals surface area (Å²) in [6, 6.07) is 6.82. The highest BCUT2D eigenvalue weighted by molar-refractivity contribution is 7.14. The minimum absolute atomic E-state index is 0.107. The Kier molecular flexibility index (Phi) is 4.65. The molecule has 1 aromatic carbocycles. The van der Waals surface area contributed by atoms with Crippen LogP contribution in [-0.4, -0.2) is 31.6 Å². The summed E-state index contributed by atoms with van der Waals surface area (Å²) in [6.45, 7) is 1.73. The standard InChI is InChI=1S/C18H12F3N5O3S/c1-9-5-6-12(30-9)15(27)13-14(10-3-2-4-11(7-10)26(28)29)25-17(22-8-23-25)24-16(13)18(19,20)21/h2-8,14H,1H3,(H,22,23,24). The number of benzene rings is 1. The molecule has 1 unspecified atom stereocenters. The molecule has 4 rings (SSSR count). The SMILES string of the molecule is Cc1ccc(C(=O)C2=C(C(F)(F)F)Nc3ncnn3C2c2cccc([N+](=O)[O-])c2)s1. The average Bonchev–Trinajstić information content (AvgIpc) is 3.34. The third-order valence-electron chi connectivity index (χ3n) is 4.49. The van der Waals surface area contributed by atoms with E-state index in [1.165, 1.54) is 24.3 Å². The van der Waals surface area contributed by atoms with Crippen molar-refractivity contribution in [2.75, 3.05) is 5.32 Å². The van der Waals surface area contributed by atoms with Crippen molar-refractivity contribution in [1.29, 1.82) is 0 Å². The quantitative estimate of drug-likeness (QED) is 0.373. The molecular weight excluding hydrogens is 423 g/mol. The van der Waals surface area contributed by atoms with Gasteiger partial charge in [-0.1, -0.05) is 12.1 Å². The van der Waals surface area contributed by atoms with Gasteiger partial charge in [0.1, 0.15) is 18.1 Å². The van der Waals surface area contributed by atoms with Crippen LogP contribution in [-0.2, 0) is 0 Å². The van der Waals surface area contributed by atoms with Crippen LogP contribution in [0, 0.1) is 17.0 Å². The van der Waals surface area contributed by atoms with Gasteiger partial charge in [-0.3, -0.25) is 14.9 Å². The van der Waals surface area contributed by atoms with E-state index < -0.39 is 34.2 Å². The van der Waals surface area contributed by atoms with Gasteiger partial charge in [-0.25, -0.2) is 4.68 Å². The van der Waals surface area contributed by atoms with Gasteiger partial charge in [-0.2, -0.15) is 23.3 Å². The van der Waals surface area contributed by atoms with Gasteiger partial charge in [0, 0.05) is 17.0 Å². The third kappa shape index (κ3) is 3.34. The van der Waals surface area contributed by atoms with Gasteiger partial charge >= 0.3 is 6.18 Å². The van der Waals surface area contributed by atoms with Crippen LogP contribution in [0.15, 0.2) is 54.0 Å². The lowest BCUT2D eigenvalue weighted by Gasteiger charge is -2.30. The van der Waals surface area contributed by atoms with E-state index in [2.05, 4.69) is 15.4 Å². The summed E-state index contributed by atoms with van der Waals surface area (Å²) in [5.74, 6) is -1.07. The maximum atomic E-state index is 13.9. The summed E-state index contributed by atoms with van der Waals surface area (Å²) in [6.07, 6.45) is -3.85. The number of aryl methyl sites for hydroxylation is 1. The normalized spacial score (nSPS) is 16.2. The Hall–Kier alpha value is -3.54. The molecule has 1 N–H and O–H groups in total. The molecule has 0 spiro atoms. The summed E-state index contributed by atoms with van der Waals surface area (Å²) >= 11 is 1.06. The van der Waals surface area contributed by atoms with Crippen LogP contribution >= 0.6 is 11.3 Å². The van der Waals surface area contributed by atoms with Crippen LogP contribution in [0.2, 0.25) is 0 Å². The number of non-ortho nitro benzene ring substituents is 1. The van der Waals surface area contributed by atoms with Gasteiger partial charge in [0.2, 0.25) is 11.7 Å². The number of hydrogen-bond acceptors (Lipinski definition) is 7. The molecule has 154 valence electrons. The first-order valence-electron chi connectivity index (χ1n) is 8.50. The highest BCUT2D eigenvalue weighted by atomic mass is 32.1. The Bertz CT molecular complexity index is 1200. The molecule has 1 atom stereocenters. The Balaban J connectivity index is 1.98. The number of carbonyl (C=O) groups excluding carboxylic acids is 1. The fraction of sp³-hybridized carbons (Fsp3) is 0.167. The summed E-state index contributed by atoms with van der Waals surface area (Å²) in [4.78, 5) is 28.4. The summed E-state index contributed by atoms with van der Waals surface area (Å²) in [5, 5.41) is 17.3. The zero-order valence-corrected chi connectivity index (χ0v) is 16.0. The van der Waals surface area contributed by atoms with Crippen molar-refractivity contribution in [2.45, 2.75) is 19.1 Å². The minimum atomic E-state index is -4.90. The van der Waals surface area contributed by atoms with Crippen molar-refractivity contribution in [1.82, 2.24) is 14.8 Å². The number of nitrogens with zero attached hydrogens (tertiary/aromatic N) is 4. The molecule has 3 aromatic rings. The molecule has 30 heavy (non-hydrogen) atoms. The molecular formula is C18H12F3N5O3S. The molecule has 0 saturated carbocycles. The number of halogens is 3. The second kappa shape index (κ2) is 7.06. The molecule has 0 radical (unpaired) electrons. The maximum Gasteiger partial charge on any atom is 0.431 e. The topological polar surface area (TPSA) is 103 Å². The Morgan fingerprint density at radius 2 is 2.07 bits per heavy atom. The predicted molar refractivity (Wildman–Crippen MR) is 101 cm³/mol. The zero-order valence-electron chi connectivity index (χ0n) is 15.2. The van der Waals surface area contributed by atoms with Gasteiger partial charge < -0.3 is 5.32 Å². The largest absolute Gasteiger partial charge is 0.431 e. The van der Waals surface area contributed by atoms with E-state index >= 15 is 0 Å². The lowest BCUT2D eigenvalue weighted by molar-refractivity contribution is -0.384. The number of fused-ring (bicyclic) bond motifs is 1. The fourth-order valence-corrected chi connectivity index (χ4v) is 4.06. The first-order chi connectivity index (χ1) is 14.2. The van der Waals surface area contributed by atoms with Crippen molar-refractivity contribution in [3.05, 3.63) is 79.4 Å². The second-order valence-electron chi connectivity index (χ2n) is 6.43.